The number of hydrogen-bond acceptors (Lipinski definition) is 6. The number of aromatic nitrogens is 2. The van der Waals surface area contributed by atoms with Crippen molar-refractivity contribution in [3.05, 3.63) is 42.6 Å². The SMILES string of the molecule is CN=C(NCC(c1ccco1)N1CCCCC1)N1CCN(c2ncccn2)CC1. The highest BCUT2D eigenvalue weighted by Gasteiger charge is 2.26. The molecular formula is C21H31N7O. The molecule has 2 aliphatic heterocycles. The van der Waals surface area contributed by atoms with Gasteiger partial charge in [0.1, 0.15) is 5.76 Å². The van der Waals surface area contributed by atoms with Crippen LogP contribution in [0.4, 0.5) is 5.95 Å². The molecule has 2 saturated heterocycles. The average Bonchev–Trinajstić information content (AvgIpc) is 3.33. The number of guanidine groups is 1. The Bertz CT molecular complexity index is 751. The molecule has 1 atom stereocenters. The molecule has 0 aliphatic carbocycles. The lowest BCUT2D eigenvalue weighted by molar-refractivity contribution is 0.145. The molecule has 1 N–H and O–H groups in total. The molecule has 4 rings (SSSR count). The predicted octanol–water partition coefficient (Wildman–Crippen LogP) is 1.99. The van der Waals surface area contributed by atoms with Crippen molar-refractivity contribution in [3.63, 3.8) is 0 Å². The number of aliphatic imine (C=N–C) groups is 1. The van der Waals surface area contributed by atoms with Crippen molar-refractivity contribution in [3.8, 4) is 0 Å². The zero-order chi connectivity index (χ0) is 19.9. The smallest absolute Gasteiger partial charge is 0.225 e. The second kappa shape index (κ2) is 9.73. The number of piperazine rings is 1. The summed E-state index contributed by atoms with van der Waals surface area (Å²) >= 11 is 0. The summed E-state index contributed by atoms with van der Waals surface area (Å²) in [5, 5.41) is 3.60. The zero-order valence-corrected chi connectivity index (χ0v) is 17.2. The highest BCUT2D eigenvalue weighted by molar-refractivity contribution is 5.80. The van der Waals surface area contributed by atoms with E-state index < -0.39 is 0 Å². The van der Waals surface area contributed by atoms with E-state index in [-0.39, 0.29) is 6.04 Å². The van der Waals surface area contributed by atoms with Crippen LogP contribution < -0.4 is 10.2 Å². The molecule has 0 radical (unpaired) electrons. The molecule has 2 aromatic rings. The summed E-state index contributed by atoms with van der Waals surface area (Å²) < 4.78 is 5.77. The lowest BCUT2D eigenvalue weighted by atomic mass is 10.1. The van der Waals surface area contributed by atoms with Crippen LogP contribution in [0.3, 0.4) is 0 Å². The zero-order valence-electron chi connectivity index (χ0n) is 17.2. The van der Waals surface area contributed by atoms with Gasteiger partial charge in [-0.05, 0) is 44.1 Å². The van der Waals surface area contributed by atoms with E-state index in [0.717, 1.165) is 63.5 Å². The van der Waals surface area contributed by atoms with Crippen molar-refractivity contribution in [1.82, 2.24) is 25.1 Å². The average molecular weight is 398 g/mol. The lowest BCUT2D eigenvalue weighted by Gasteiger charge is -2.38. The molecule has 0 amide bonds. The molecule has 2 aliphatic rings. The molecule has 2 fully saturated rings. The van der Waals surface area contributed by atoms with Crippen LogP contribution in [-0.4, -0.2) is 78.6 Å². The van der Waals surface area contributed by atoms with Crippen LogP contribution in [0.25, 0.3) is 0 Å². The van der Waals surface area contributed by atoms with E-state index in [1.807, 2.05) is 19.2 Å². The number of piperidine rings is 1. The third kappa shape index (κ3) is 4.87. The molecule has 8 heteroatoms. The number of rotatable bonds is 5. The molecule has 8 nitrogen and oxygen atoms in total. The predicted molar refractivity (Wildman–Crippen MR) is 114 cm³/mol. The fourth-order valence-electron chi connectivity index (χ4n) is 4.21. The van der Waals surface area contributed by atoms with Gasteiger partial charge in [-0.2, -0.15) is 0 Å². The van der Waals surface area contributed by atoms with E-state index in [2.05, 4.69) is 41.0 Å². The number of hydrogen-bond donors (Lipinski definition) is 1. The maximum absolute atomic E-state index is 5.77. The molecule has 1 unspecified atom stereocenters. The van der Waals surface area contributed by atoms with Gasteiger partial charge in [0.15, 0.2) is 5.96 Å². The summed E-state index contributed by atoms with van der Waals surface area (Å²) in [7, 11) is 1.86. The Morgan fingerprint density at radius 2 is 1.83 bits per heavy atom. The molecular weight excluding hydrogens is 366 g/mol. The fourth-order valence-corrected chi connectivity index (χ4v) is 4.21. The van der Waals surface area contributed by atoms with Gasteiger partial charge >= 0.3 is 0 Å². The monoisotopic (exact) mass is 397 g/mol. The minimum absolute atomic E-state index is 0.237. The number of anilines is 1. The summed E-state index contributed by atoms with van der Waals surface area (Å²) in [5.74, 6) is 2.78. The number of nitrogens with one attached hydrogen (secondary N) is 1. The standard InChI is InChI=1S/C21H31N7O/c1-22-20(27-12-14-28(15-13-27)21-23-8-6-9-24-21)25-17-18(19-7-5-16-29-19)26-10-3-2-4-11-26/h5-9,16,18H,2-4,10-15,17H2,1H3,(H,22,25). The molecule has 0 saturated carbocycles. The van der Waals surface area contributed by atoms with E-state index in [4.69, 9.17) is 4.42 Å². The molecule has 4 heterocycles. The van der Waals surface area contributed by atoms with E-state index in [9.17, 15) is 0 Å². The second-order valence-electron chi connectivity index (χ2n) is 7.58. The first-order chi connectivity index (χ1) is 14.3. The van der Waals surface area contributed by atoms with Crippen molar-refractivity contribution < 1.29 is 4.42 Å². The largest absolute Gasteiger partial charge is 0.468 e. The first-order valence-corrected chi connectivity index (χ1v) is 10.6. The molecule has 156 valence electrons. The first-order valence-electron chi connectivity index (χ1n) is 10.6. The maximum Gasteiger partial charge on any atom is 0.225 e. The Morgan fingerprint density at radius 3 is 2.48 bits per heavy atom. The van der Waals surface area contributed by atoms with Crippen LogP contribution in [-0.2, 0) is 0 Å². The van der Waals surface area contributed by atoms with Gasteiger partial charge in [-0.1, -0.05) is 6.42 Å². The summed E-state index contributed by atoms with van der Waals surface area (Å²) in [6, 6.07) is 6.15. The Hall–Kier alpha value is -2.61. The number of nitrogens with zero attached hydrogens (tertiary/aromatic N) is 6. The van der Waals surface area contributed by atoms with Gasteiger partial charge in [-0.3, -0.25) is 9.89 Å². The third-order valence-electron chi connectivity index (χ3n) is 5.78. The van der Waals surface area contributed by atoms with Crippen molar-refractivity contribution in [1.29, 1.82) is 0 Å². The Morgan fingerprint density at radius 1 is 1.07 bits per heavy atom. The summed E-state index contributed by atoms with van der Waals surface area (Å²) in [5.41, 5.74) is 0. The van der Waals surface area contributed by atoms with Crippen LogP contribution in [0.1, 0.15) is 31.1 Å². The van der Waals surface area contributed by atoms with Gasteiger partial charge in [0.25, 0.3) is 0 Å². The van der Waals surface area contributed by atoms with Crippen molar-refractivity contribution in [2.45, 2.75) is 25.3 Å². The van der Waals surface area contributed by atoms with Crippen molar-refractivity contribution in [2.75, 3.05) is 57.8 Å². The summed E-state index contributed by atoms with van der Waals surface area (Å²) in [4.78, 5) is 20.3. The molecule has 0 bridgehead atoms. The third-order valence-corrected chi connectivity index (χ3v) is 5.78. The van der Waals surface area contributed by atoms with Crippen LogP contribution in [0.5, 0.6) is 0 Å². The Balaban J connectivity index is 1.35. The number of likely N-dealkylation sites (tertiary alicyclic amines) is 1. The van der Waals surface area contributed by atoms with Gasteiger partial charge in [-0.15, -0.1) is 0 Å². The number of furan rings is 1. The molecule has 0 aromatic carbocycles. The van der Waals surface area contributed by atoms with Gasteiger partial charge in [-0.25, -0.2) is 9.97 Å². The highest BCUT2D eigenvalue weighted by Crippen LogP contribution is 2.24. The van der Waals surface area contributed by atoms with Gasteiger partial charge in [0.2, 0.25) is 5.95 Å². The normalized spacial score (nSPS) is 20.0. The fraction of sp³-hybridized carbons (Fsp3) is 0.571. The lowest BCUT2D eigenvalue weighted by Crippen LogP contribution is -2.54. The van der Waals surface area contributed by atoms with Gasteiger partial charge in [0.05, 0.1) is 12.3 Å². The van der Waals surface area contributed by atoms with E-state index in [1.54, 1.807) is 18.7 Å². The summed E-state index contributed by atoms with van der Waals surface area (Å²) in [6.07, 6.45) is 9.21. The highest BCUT2D eigenvalue weighted by atomic mass is 16.3. The van der Waals surface area contributed by atoms with E-state index >= 15 is 0 Å². The van der Waals surface area contributed by atoms with Gasteiger partial charge in [0, 0.05) is 52.2 Å². The maximum atomic E-state index is 5.77. The van der Waals surface area contributed by atoms with Crippen molar-refractivity contribution in [2.24, 2.45) is 4.99 Å². The van der Waals surface area contributed by atoms with Crippen LogP contribution in [0.15, 0.2) is 46.3 Å². The van der Waals surface area contributed by atoms with E-state index in [0.29, 0.717) is 0 Å². The Kier molecular flexibility index (Phi) is 6.61. The van der Waals surface area contributed by atoms with Crippen LogP contribution in [0, 0.1) is 0 Å². The topological polar surface area (TPSA) is 73.0 Å². The quantitative estimate of drug-likeness (QED) is 0.611. The summed E-state index contributed by atoms with van der Waals surface area (Å²) in [6.45, 7) is 6.61. The molecule has 2 aromatic heterocycles. The minimum atomic E-state index is 0.237. The molecule has 0 spiro atoms. The second-order valence-corrected chi connectivity index (χ2v) is 7.58. The minimum Gasteiger partial charge on any atom is -0.468 e. The molecule has 29 heavy (non-hydrogen) atoms. The van der Waals surface area contributed by atoms with E-state index in [1.165, 1.54) is 19.3 Å². The van der Waals surface area contributed by atoms with Gasteiger partial charge < -0.3 is 19.5 Å². The van der Waals surface area contributed by atoms with Crippen LogP contribution in [0.2, 0.25) is 0 Å². The Labute approximate surface area is 172 Å². The first kappa shape index (κ1) is 19.7. The van der Waals surface area contributed by atoms with Crippen LogP contribution >= 0.6 is 0 Å². The van der Waals surface area contributed by atoms with Crippen molar-refractivity contribution >= 4 is 11.9 Å².